The molecule has 2 heterocycles. The van der Waals surface area contributed by atoms with Crippen molar-refractivity contribution in [2.24, 2.45) is 0 Å². The van der Waals surface area contributed by atoms with Gasteiger partial charge in [0, 0.05) is 29.1 Å². The quantitative estimate of drug-likeness (QED) is 0.734. The molecule has 2 atom stereocenters. The number of nitrogens with zero attached hydrogens (tertiary/aromatic N) is 1. The molecule has 21 heavy (non-hydrogen) atoms. The van der Waals surface area contributed by atoms with E-state index in [1.807, 2.05) is 6.07 Å². The largest absolute Gasteiger partial charge is 0.295 e. The van der Waals surface area contributed by atoms with Crippen molar-refractivity contribution >= 4 is 11.6 Å². The highest BCUT2D eigenvalue weighted by molar-refractivity contribution is 6.31. The van der Waals surface area contributed by atoms with E-state index in [9.17, 15) is 4.39 Å². The first kappa shape index (κ1) is 13.3. The number of fused-ring (bicyclic) bond motifs is 3. The minimum absolute atomic E-state index is 0.0317. The highest BCUT2D eigenvalue weighted by atomic mass is 35.5. The van der Waals surface area contributed by atoms with Gasteiger partial charge in [-0.15, -0.1) is 0 Å². The van der Waals surface area contributed by atoms with E-state index in [2.05, 4.69) is 23.1 Å². The second-order valence-corrected chi connectivity index (χ2v) is 6.38. The van der Waals surface area contributed by atoms with E-state index in [1.165, 1.54) is 30.0 Å². The molecular weight excluding hydrogens is 285 g/mol. The molecule has 0 amide bonds. The summed E-state index contributed by atoms with van der Waals surface area (Å²) in [6, 6.07) is 13.9. The molecule has 2 aromatic carbocycles. The van der Waals surface area contributed by atoms with Gasteiger partial charge in [0.15, 0.2) is 0 Å². The summed E-state index contributed by atoms with van der Waals surface area (Å²) in [7, 11) is 0. The van der Waals surface area contributed by atoms with Crippen molar-refractivity contribution < 1.29 is 4.39 Å². The third kappa shape index (κ3) is 2.09. The van der Waals surface area contributed by atoms with Crippen LogP contribution < -0.4 is 0 Å². The number of benzene rings is 2. The van der Waals surface area contributed by atoms with Crippen LogP contribution in [0.15, 0.2) is 42.5 Å². The summed E-state index contributed by atoms with van der Waals surface area (Å²) in [5, 5.41) is 0.535. The van der Waals surface area contributed by atoms with Gasteiger partial charge in [-0.2, -0.15) is 0 Å². The summed E-state index contributed by atoms with van der Waals surface area (Å²) in [6.07, 6.45) is 2.42. The fourth-order valence-electron chi connectivity index (χ4n) is 3.95. The third-order valence-corrected chi connectivity index (χ3v) is 5.19. The van der Waals surface area contributed by atoms with Crippen molar-refractivity contribution in [2.45, 2.75) is 24.8 Å². The van der Waals surface area contributed by atoms with Crippen LogP contribution in [0.25, 0.3) is 0 Å². The Morgan fingerprint density at radius 2 is 1.86 bits per heavy atom. The van der Waals surface area contributed by atoms with Gasteiger partial charge in [-0.05, 0) is 42.6 Å². The fourth-order valence-corrected chi connectivity index (χ4v) is 4.25. The van der Waals surface area contributed by atoms with Crippen molar-refractivity contribution in [1.29, 1.82) is 0 Å². The lowest BCUT2D eigenvalue weighted by Gasteiger charge is -2.37. The Morgan fingerprint density at radius 1 is 1.05 bits per heavy atom. The minimum Gasteiger partial charge on any atom is -0.295 e. The van der Waals surface area contributed by atoms with Crippen LogP contribution in [0, 0.1) is 5.82 Å². The molecule has 108 valence electrons. The first-order valence-electron chi connectivity index (χ1n) is 7.52. The molecule has 2 aromatic rings. The molecule has 1 fully saturated rings. The Kier molecular flexibility index (Phi) is 3.24. The first-order chi connectivity index (χ1) is 10.3. The SMILES string of the molecule is Fc1cccc(Cl)c1[C@@H]1CN2CCC[C@@H]2c2ccccc21. The normalized spacial score (nSPS) is 24.7. The molecule has 0 radical (unpaired) electrons. The Bertz CT molecular complexity index is 664. The summed E-state index contributed by atoms with van der Waals surface area (Å²) < 4.78 is 14.4. The van der Waals surface area contributed by atoms with E-state index in [1.54, 1.807) is 12.1 Å². The van der Waals surface area contributed by atoms with Gasteiger partial charge in [0.1, 0.15) is 5.82 Å². The predicted molar refractivity (Wildman–Crippen MR) is 83.2 cm³/mol. The molecule has 0 aliphatic carbocycles. The van der Waals surface area contributed by atoms with E-state index < -0.39 is 0 Å². The van der Waals surface area contributed by atoms with Gasteiger partial charge in [-0.3, -0.25) is 4.90 Å². The second-order valence-electron chi connectivity index (χ2n) is 5.97. The lowest BCUT2D eigenvalue weighted by molar-refractivity contribution is 0.229. The van der Waals surface area contributed by atoms with Gasteiger partial charge in [0.2, 0.25) is 0 Å². The molecule has 0 unspecified atom stereocenters. The maximum absolute atomic E-state index is 14.4. The molecule has 0 spiro atoms. The predicted octanol–water partition coefficient (Wildman–Crippen LogP) is 4.76. The van der Waals surface area contributed by atoms with Gasteiger partial charge >= 0.3 is 0 Å². The molecule has 0 aromatic heterocycles. The van der Waals surface area contributed by atoms with E-state index in [0.29, 0.717) is 16.6 Å². The van der Waals surface area contributed by atoms with E-state index >= 15 is 0 Å². The molecular formula is C18H17ClFN. The van der Waals surface area contributed by atoms with Crippen molar-refractivity contribution in [3.05, 3.63) is 70.0 Å². The minimum atomic E-state index is -0.194. The number of hydrogen-bond donors (Lipinski definition) is 0. The molecule has 2 aliphatic rings. The summed E-state index contributed by atoms with van der Waals surface area (Å²) in [4.78, 5) is 2.48. The summed E-state index contributed by atoms with van der Waals surface area (Å²) in [5.41, 5.74) is 3.25. The smallest absolute Gasteiger partial charge is 0.128 e. The Balaban J connectivity index is 1.88. The van der Waals surface area contributed by atoms with E-state index in [-0.39, 0.29) is 11.7 Å². The van der Waals surface area contributed by atoms with Crippen LogP contribution in [0.5, 0.6) is 0 Å². The Hall–Kier alpha value is -1.38. The fraction of sp³-hybridized carbons (Fsp3) is 0.333. The van der Waals surface area contributed by atoms with Crippen molar-refractivity contribution in [3.8, 4) is 0 Å². The molecule has 2 aliphatic heterocycles. The molecule has 0 bridgehead atoms. The Morgan fingerprint density at radius 3 is 2.67 bits per heavy atom. The van der Waals surface area contributed by atoms with Gasteiger partial charge in [0.05, 0.1) is 0 Å². The summed E-state index contributed by atoms with van der Waals surface area (Å²) in [5.74, 6) is -0.163. The molecule has 1 saturated heterocycles. The summed E-state index contributed by atoms with van der Waals surface area (Å²) in [6.45, 7) is 1.96. The van der Waals surface area contributed by atoms with Crippen LogP contribution in [0.1, 0.15) is 41.5 Å². The zero-order valence-corrected chi connectivity index (χ0v) is 12.5. The van der Waals surface area contributed by atoms with Crippen LogP contribution in [0.2, 0.25) is 5.02 Å². The lowest BCUT2D eigenvalue weighted by Crippen LogP contribution is -2.34. The van der Waals surface area contributed by atoms with Gasteiger partial charge in [-0.1, -0.05) is 41.9 Å². The maximum Gasteiger partial charge on any atom is 0.128 e. The topological polar surface area (TPSA) is 3.24 Å². The van der Waals surface area contributed by atoms with Gasteiger partial charge in [-0.25, -0.2) is 4.39 Å². The van der Waals surface area contributed by atoms with Crippen LogP contribution in [0.4, 0.5) is 4.39 Å². The van der Waals surface area contributed by atoms with Gasteiger partial charge < -0.3 is 0 Å². The van der Waals surface area contributed by atoms with E-state index in [4.69, 9.17) is 11.6 Å². The van der Waals surface area contributed by atoms with Crippen LogP contribution in [-0.2, 0) is 0 Å². The molecule has 0 N–H and O–H groups in total. The molecule has 4 rings (SSSR count). The van der Waals surface area contributed by atoms with E-state index in [0.717, 1.165) is 13.1 Å². The molecule has 1 nitrogen and oxygen atoms in total. The highest BCUT2D eigenvalue weighted by Crippen LogP contribution is 2.45. The zero-order valence-electron chi connectivity index (χ0n) is 11.7. The number of rotatable bonds is 1. The van der Waals surface area contributed by atoms with Crippen LogP contribution in [0.3, 0.4) is 0 Å². The number of halogens is 2. The second kappa shape index (κ2) is 5.11. The summed E-state index contributed by atoms with van der Waals surface area (Å²) >= 11 is 6.31. The standard InChI is InChI=1S/C18H17ClFN/c19-15-7-3-8-16(20)18(15)14-11-21-10-4-9-17(21)13-6-2-1-5-12(13)14/h1-3,5-8,14,17H,4,9-11H2/t14-,17-/m1/s1. The van der Waals surface area contributed by atoms with Gasteiger partial charge in [0.25, 0.3) is 0 Å². The number of hydrogen-bond acceptors (Lipinski definition) is 1. The van der Waals surface area contributed by atoms with Crippen LogP contribution >= 0.6 is 11.6 Å². The average Bonchev–Trinajstić information content (AvgIpc) is 2.95. The third-order valence-electron chi connectivity index (χ3n) is 4.86. The average molecular weight is 302 g/mol. The van der Waals surface area contributed by atoms with Crippen molar-refractivity contribution in [1.82, 2.24) is 4.90 Å². The maximum atomic E-state index is 14.4. The molecule has 3 heteroatoms. The monoisotopic (exact) mass is 301 g/mol. The lowest BCUT2D eigenvalue weighted by atomic mass is 9.81. The van der Waals surface area contributed by atoms with Crippen molar-refractivity contribution in [2.75, 3.05) is 13.1 Å². The first-order valence-corrected chi connectivity index (χ1v) is 7.90. The highest BCUT2D eigenvalue weighted by Gasteiger charge is 2.37. The molecule has 0 saturated carbocycles. The van der Waals surface area contributed by atoms with Crippen molar-refractivity contribution in [3.63, 3.8) is 0 Å². The zero-order chi connectivity index (χ0) is 14.4. The van der Waals surface area contributed by atoms with Crippen LogP contribution in [-0.4, -0.2) is 18.0 Å². The Labute approximate surface area is 129 Å².